The van der Waals surface area contributed by atoms with Crippen LogP contribution in [0.1, 0.15) is 48.0 Å². The maximum Gasteiger partial charge on any atom is 0.253 e. The summed E-state index contributed by atoms with van der Waals surface area (Å²) in [6.45, 7) is 0.259. The maximum atomic E-state index is 12.8. The monoisotopic (exact) mass is 400 g/mol. The van der Waals surface area contributed by atoms with E-state index in [9.17, 15) is 13.2 Å². The van der Waals surface area contributed by atoms with E-state index in [1.165, 1.54) is 29.8 Å². The summed E-state index contributed by atoms with van der Waals surface area (Å²) in [4.78, 5) is 14.6. The highest BCUT2D eigenvalue weighted by molar-refractivity contribution is 7.92. The molecule has 3 rings (SSSR count). The summed E-state index contributed by atoms with van der Waals surface area (Å²) in [5.41, 5.74) is 2.05. The molecule has 1 saturated carbocycles. The van der Waals surface area contributed by atoms with Crippen LogP contribution < -0.4 is 4.31 Å². The molecule has 2 aromatic rings. The zero-order valence-electron chi connectivity index (χ0n) is 16.5. The number of carbonyl (C=O) groups excluding carboxylic acids is 1. The van der Waals surface area contributed by atoms with Gasteiger partial charge in [0.05, 0.1) is 18.5 Å². The van der Waals surface area contributed by atoms with Crippen LogP contribution in [0.2, 0.25) is 0 Å². The molecule has 2 aromatic carbocycles. The number of anilines is 1. The Morgan fingerprint density at radius 3 is 2.14 bits per heavy atom. The number of nitrogens with zero attached hydrogens (tertiary/aromatic N) is 2. The second-order valence-electron chi connectivity index (χ2n) is 7.51. The van der Waals surface area contributed by atoms with Crippen LogP contribution in [0.25, 0.3) is 0 Å². The first-order valence-corrected chi connectivity index (χ1v) is 11.6. The summed E-state index contributed by atoms with van der Waals surface area (Å²) in [6, 6.07) is 16.6. The number of hydrogen-bond donors (Lipinski definition) is 0. The molecule has 150 valence electrons. The van der Waals surface area contributed by atoms with E-state index in [0.29, 0.717) is 17.3 Å². The Morgan fingerprint density at radius 1 is 0.964 bits per heavy atom. The Hall–Kier alpha value is -2.34. The second kappa shape index (κ2) is 8.78. The Bertz CT molecular complexity index is 889. The van der Waals surface area contributed by atoms with E-state index in [1.807, 2.05) is 42.3 Å². The van der Waals surface area contributed by atoms with Gasteiger partial charge in [-0.05, 0) is 42.7 Å². The molecule has 0 radical (unpaired) electrons. The van der Waals surface area contributed by atoms with Crippen molar-refractivity contribution in [2.75, 3.05) is 17.6 Å². The van der Waals surface area contributed by atoms with Crippen LogP contribution >= 0.6 is 0 Å². The molecular formula is C22H28N2O3S. The van der Waals surface area contributed by atoms with Crippen molar-refractivity contribution in [1.29, 1.82) is 0 Å². The first-order valence-electron chi connectivity index (χ1n) is 9.75. The number of sulfonamides is 1. The van der Waals surface area contributed by atoms with Crippen LogP contribution in [0, 0.1) is 0 Å². The molecular weight excluding hydrogens is 372 g/mol. The SMILES string of the molecule is CN(C(=O)c1ccc(N(Cc2ccccc2)S(C)(=O)=O)cc1)C1CCCCC1. The molecule has 0 unspecified atom stereocenters. The van der Waals surface area contributed by atoms with Gasteiger partial charge in [0.2, 0.25) is 10.0 Å². The quantitative estimate of drug-likeness (QED) is 0.735. The molecule has 1 fully saturated rings. The summed E-state index contributed by atoms with van der Waals surface area (Å²) >= 11 is 0. The lowest BCUT2D eigenvalue weighted by Gasteiger charge is -2.31. The first kappa shape index (κ1) is 20.4. The number of hydrogen-bond acceptors (Lipinski definition) is 3. The number of rotatable bonds is 6. The largest absolute Gasteiger partial charge is 0.339 e. The lowest BCUT2D eigenvalue weighted by Crippen LogP contribution is -2.38. The molecule has 6 heteroatoms. The molecule has 0 aromatic heterocycles. The minimum Gasteiger partial charge on any atom is -0.339 e. The lowest BCUT2D eigenvalue weighted by molar-refractivity contribution is 0.0696. The molecule has 0 heterocycles. The van der Waals surface area contributed by atoms with Crippen molar-refractivity contribution in [3.63, 3.8) is 0 Å². The van der Waals surface area contributed by atoms with Crippen molar-refractivity contribution in [2.24, 2.45) is 0 Å². The van der Waals surface area contributed by atoms with Crippen LogP contribution in [-0.2, 0) is 16.6 Å². The summed E-state index contributed by atoms with van der Waals surface area (Å²) in [5, 5.41) is 0. The van der Waals surface area contributed by atoms with Gasteiger partial charge in [-0.25, -0.2) is 8.42 Å². The minimum absolute atomic E-state index is 0.00702. The number of benzene rings is 2. The number of amides is 1. The van der Waals surface area contributed by atoms with Gasteiger partial charge in [-0.1, -0.05) is 49.6 Å². The van der Waals surface area contributed by atoms with E-state index < -0.39 is 10.0 Å². The van der Waals surface area contributed by atoms with Crippen molar-refractivity contribution in [3.05, 3.63) is 65.7 Å². The minimum atomic E-state index is -3.44. The van der Waals surface area contributed by atoms with Crippen molar-refractivity contribution >= 4 is 21.6 Å². The Balaban J connectivity index is 1.78. The topological polar surface area (TPSA) is 57.7 Å². The van der Waals surface area contributed by atoms with Gasteiger partial charge in [0, 0.05) is 18.7 Å². The van der Waals surface area contributed by atoms with Gasteiger partial charge >= 0.3 is 0 Å². The van der Waals surface area contributed by atoms with Gasteiger partial charge in [-0.15, -0.1) is 0 Å². The van der Waals surface area contributed by atoms with Crippen LogP contribution in [0.4, 0.5) is 5.69 Å². The van der Waals surface area contributed by atoms with Crippen LogP contribution in [0.5, 0.6) is 0 Å². The number of carbonyl (C=O) groups is 1. The van der Waals surface area contributed by atoms with Crippen molar-refractivity contribution in [3.8, 4) is 0 Å². The fourth-order valence-electron chi connectivity index (χ4n) is 3.76. The van der Waals surface area contributed by atoms with Gasteiger partial charge in [-0.3, -0.25) is 9.10 Å². The molecule has 1 aliphatic carbocycles. The molecule has 0 bridgehead atoms. The van der Waals surface area contributed by atoms with Gasteiger partial charge in [0.15, 0.2) is 0 Å². The van der Waals surface area contributed by atoms with E-state index in [4.69, 9.17) is 0 Å². The third kappa shape index (κ3) is 4.93. The smallest absolute Gasteiger partial charge is 0.253 e. The fourth-order valence-corrected chi connectivity index (χ4v) is 4.65. The van der Waals surface area contributed by atoms with Gasteiger partial charge < -0.3 is 4.90 Å². The average Bonchev–Trinajstić information content (AvgIpc) is 2.72. The summed E-state index contributed by atoms with van der Waals surface area (Å²) < 4.78 is 26.0. The Morgan fingerprint density at radius 2 is 1.57 bits per heavy atom. The van der Waals surface area contributed by atoms with Crippen molar-refractivity contribution in [2.45, 2.75) is 44.7 Å². The Kier molecular flexibility index (Phi) is 6.39. The molecule has 0 saturated heterocycles. The normalized spacial score (nSPS) is 15.2. The zero-order valence-corrected chi connectivity index (χ0v) is 17.4. The molecule has 0 aliphatic heterocycles. The summed E-state index contributed by atoms with van der Waals surface area (Å²) in [7, 11) is -1.58. The highest BCUT2D eigenvalue weighted by atomic mass is 32.2. The predicted molar refractivity (Wildman–Crippen MR) is 113 cm³/mol. The Labute approximate surface area is 168 Å². The molecule has 1 aliphatic rings. The van der Waals surface area contributed by atoms with E-state index in [-0.39, 0.29) is 12.5 Å². The van der Waals surface area contributed by atoms with E-state index in [0.717, 1.165) is 18.4 Å². The van der Waals surface area contributed by atoms with Gasteiger partial charge in [-0.2, -0.15) is 0 Å². The first-order chi connectivity index (χ1) is 13.4. The third-order valence-corrected chi connectivity index (χ3v) is 6.55. The highest BCUT2D eigenvalue weighted by Crippen LogP contribution is 2.25. The van der Waals surface area contributed by atoms with Crippen LogP contribution in [0.3, 0.4) is 0 Å². The molecule has 28 heavy (non-hydrogen) atoms. The molecule has 5 nitrogen and oxygen atoms in total. The van der Waals surface area contributed by atoms with E-state index in [1.54, 1.807) is 24.3 Å². The average molecular weight is 401 g/mol. The fraction of sp³-hybridized carbons (Fsp3) is 0.409. The predicted octanol–water partition coefficient (Wildman–Crippen LogP) is 4.06. The molecule has 0 spiro atoms. The molecule has 0 N–H and O–H groups in total. The summed E-state index contributed by atoms with van der Waals surface area (Å²) in [6.07, 6.45) is 6.90. The van der Waals surface area contributed by atoms with Crippen molar-refractivity contribution in [1.82, 2.24) is 4.90 Å². The third-order valence-electron chi connectivity index (χ3n) is 5.41. The van der Waals surface area contributed by atoms with Crippen LogP contribution in [0.15, 0.2) is 54.6 Å². The van der Waals surface area contributed by atoms with Gasteiger partial charge in [0.25, 0.3) is 5.91 Å². The standard InChI is InChI=1S/C22H28N2O3S/c1-23(20-11-7-4-8-12-20)22(25)19-13-15-21(16-14-19)24(28(2,26)27)17-18-9-5-3-6-10-18/h3,5-6,9-10,13-16,20H,4,7-8,11-12,17H2,1-2H3. The molecule has 1 amide bonds. The van der Waals surface area contributed by atoms with E-state index >= 15 is 0 Å². The lowest BCUT2D eigenvalue weighted by atomic mass is 9.94. The van der Waals surface area contributed by atoms with Crippen LogP contribution in [-0.4, -0.2) is 38.6 Å². The van der Waals surface area contributed by atoms with Crippen molar-refractivity contribution < 1.29 is 13.2 Å². The second-order valence-corrected chi connectivity index (χ2v) is 9.42. The van der Waals surface area contributed by atoms with Gasteiger partial charge in [0.1, 0.15) is 0 Å². The summed E-state index contributed by atoms with van der Waals surface area (Å²) in [5.74, 6) is -0.00702. The highest BCUT2D eigenvalue weighted by Gasteiger charge is 2.24. The maximum absolute atomic E-state index is 12.8. The van der Waals surface area contributed by atoms with E-state index in [2.05, 4.69) is 0 Å². The molecule has 0 atom stereocenters. The zero-order chi connectivity index (χ0) is 20.1.